The number of ketones is 2. The molecule has 0 bridgehead atoms. The fraction of sp³-hybridized carbons (Fsp3) is 0.125. The van der Waals surface area contributed by atoms with Gasteiger partial charge in [-0.1, -0.05) is 0 Å². The first-order chi connectivity index (χ1) is 5.70. The minimum absolute atomic E-state index is 0.155. The molecule has 4 nitrogen and oxygen atoms in total. The van der Waals surface area contributed by atoms with Crippen molar-refractivity contribution in [3.8, 4) is 0 Å². The van der Waals surface area contributed by atoms with Crippen LogP contribution in [0.2, 0.25) is 0 Å². The highest BCUT2D eigenvalue weighted by Crippen LogP contribution is 2.14. The Hall–Kier alpha value is -1.71. The van der Waals surface area contributed by atoms with Crippen LogP contribution < -0.4 is 0 Å². The number of hydrogen-bond acceptors (Lipinski definition) is 3. The van der Waals surface area contributed by atoms with Gasteiger partial charge in [-0.15, -0.1) is 0 Å². The zero-order valence-electron chi connectivity index (χ0n) is 6.44. The zero-order valence-corrected chi connectivity index (χ0v) is 6.44. The van der Waals surface area contributed by atoms with E-state index in [0.717, 1.165) is 0 Å². The normalized spacial score (nSPS) is 15.1. The standard InChI is InChI=1S/C8H6N2O2/c1-10-8-5(4-9-10)6(11)2-3-7(8)12/h2-4H,1H3. The maximum Gasteiger partial charge on any atom is 0.204 e. The highest BCUT2D eigenvalue weighted by Gasteiger charge is 2.22. The molecule has 1 aliphatic carbocycles. The van der Waals surface area contributed by atoms with Crippen LogP contribution in [0.5, 0.6) is 0 Å². The molecule has 0 N–H and O–H groups in total. The van der Waals surface area contributed by atoms with E-state index in [9.17, 15) is 9.59 Å². The van der Waals surface area contributed by atoms with E-state index < -0.39 is 0 Å². The topological polar surface area (TPSA) is 52.0 Å². The van der Waals surface area contributed by atoms with Gasteiger partial charge in [0.05, 0.1) is 11.8 Å². The lowest BCUT2D eigenvalue weighted by atomic mass is 10.0. The number of rotatable bonds is 0. The highest BCUT2D eigenvalue weighted by atomic mass is 16.1. The Morgan fingerprint density at radius 1 is 1.25 bits per heavy atom. The molecular formula is C8H6N2O2. The maximum atomic E-state index is 11.2. The van der Waals surface area contributed by atoms with Crippen molar-refractivity contribution >= 4 is 11.6 Å². The van der Waals surface area contributed by atoms with Crippen LogP contribution in [0.25, 0.3) is 0 Å². The number of aryl methyl sites for hydroxylation is 1. The Morgan fingerprint density at radius 3 is 2.58 bits per heavy atom. The number of carbonyl (C=O) groups is 2. The van der Waals surface area contributed by atoms with Crippen molar-refractivity contribution in [1.82, 2.24) is 9.78 Å². The molecule has 60 valence electrons. The molecule has 1 heterocycles. The Labute approximate surface area is 68.5 Å². The van der Waals surface area contributed by atoms with Crippen LogP contribution in [0.1, 0.15) is 20.8 Å². The second kappa shape index (κ2) is 2.14. The molecule has 0 spiro atoms. The Kier molecular flexibility index (Phi) is 1.24. The van der Waals surface area contributed by atoms with Gasteiger partial charge in [-0.2, -0.15) is 5.10 Å². The molecule has 0 saturated heterocycles. The van der Waals surface area contributed by atoms with Crippen LogP contribution in [-0.2, 0) is 7.05 Å². The first-order valence-corrected chi connectivity index (χ1v) is 3.49. The van der Waals surface area contributed by atoms with Gasteiger partial charge in [0.15, 0.2) is 5.78 Å². The van der Waals surface area contributed by atoms with Gasteiger partial charge < -0.3 is 0 Å². The van der Waals surface area contributed by atoms with Crippen molar-refractivity contribution in [2.75, 3.05) is 0 Å². The third-order valence-electron chi connectivity index (χ3n) is 1.82. The number of allylic oxidation sites excluding steroid dienone is 2. The molecule has 0 fully saturated rings. The average Bonchev–Trinajstić information content (AvgIpc) is 2.42. The summed E-state index contributed by atoms with van der Waals surface area (Å²) in [5.41, 5.74) is 0.771. The first-order valence-electron chi connectivity index (χ1n) is 3.49. The van der Waals surface area contributed by atoms with Gasteiger partial charge in [-0.05, 0) is 12.2 Å². The Bertz CT molecular complexity index is 401. The number of hydrogen-bond donors (Lipinski definition) is 0. The van der Waals surface area contributed by atoms with Crippen molar-refractivity contribution in [3.63, 3.8) is 0 Å². The molecule has 0 amide bonds. The van der Waals surface area contributed by atoms with Crippen LogP contribution in [0, 0.1) is 0 Å². The van der Waals surface area contributed by atoms with Crippen LogP contribution >= 0.6 is 0 Å². The largest absolute Gasteiger partial charge is 0.289 e. The summed E-state index contributed by atoms with van der Waals surface area (Å²) in [6.07, 6.45) is 3.96. The molecule has 0 radical (unpaired) electrons. The maximum absolute atomic E-state index is 11.2. The van der Waals surface area contributed by atoms with Crippen molar-refractivity contribution in [2.45, 2.75) is 0 Å². The van der Waals surface area contributed by atoms with Crippen molar-refractivity contribution < 1.29 is 9.59 Å². The summed E-state index contributed by atoms with van der Waals surface area (Å²) >= 11 is 0. The molecule has 12 heavy (non-hydrogen) atoms. The van der Waals surface area contributed by atoms with Gasteiger partial charge >= 0.3 is 0 Å². The van der Waals surface area contributed by atoms with E-state index in [1.807, 2.05) is 0 Å². The number of carbonyl (C=O) groups excluding carboxylic acids is 2. The van der Waals surface area contributed by atoms with Gasteiger partial charge in [0, 0.05) is 7.05 Å². The van der Waals surface area contributed by atoms with Crippen molar-refractivity contribution in [2.24, 2.45) is 7.05 Å². The van der Waals surface area contributed by atoms with Gasteiger partial charge in [-0.25, -0.2) is 0 Å². The fourth-order valence-electron chi connectivity index (χ4n) is 1.23. The van der Waals surface area contributed by atoms with Crippen molar-refractivity contribution in [1.29, 1.82) is 0 Å². The second-order valence-corrected chi connectivity index (χ2v) is 2.59. The third-order valence-corrected chi connectivity index (χ3v) is 1.82. The third kappa shape index (κ3) is 0.747. The summed E-state index contributed by atoms with van der Waals surface area (Å²) in [4.78, 5) is 22.4. The summed E-state index contributed by atoms with van der Waals surface area (Å²) in [6, 6.07) is 0. The molecule has 4 heteroatoms. The minimum atomic E-state index is -0.162. The van der Waals surface area contributed by atoms with E-state index in [1.165, 1.54) is 23.0 Å². The molecule has 1 aromatic heterocycles. The quantitative estimate of drug-likeness (QED) is 0.553. The zero-order chi connectivity index (χ0) is 8.72. The molecule has 0 saturated carbocycles. The van der Waals surface area contributed by atoms with Gasteiger partial charge in [0.25, 0.3) is 0 Å². The monoisotopic (exact) mass is 162 g/mol. The van der Waals surface area contributed by atoms with E-state index in [1.54, 1.807) is 7.05 Å². The molecule has 1 aliphatic rings. The van der Waals surface area contributed by atoms with E-state index in [2.05, 4.69) is 5.10 Å². The highest BCUT2D eigenvalue weighted by molar-refractivity contribution is 6.21. The smallest absolute Gasteiger partial charge is 0.204 e. The Balaban J connectivity index is 2.72. The lowest BCUT2D eigenvalue weighted by molar-refractivity contribution is 0.0989. The average molecular weight is 162 g/mol. The predicted molar refractivity (Wildman–Crippen MR) is 41.0 cm³/mol. The van der Waals surface area contributed by atoms with E-state index in [4.69, 9.17) is 0 Å². The molecule has 0 aliphatic heterocycles. The SMILES string of the molecule is Cn1ncc2c1C(=O)C=CC2=O. The Morgan fingerprint density at radius 2 is 1.92 bits per heavy atom. The van der Waals surface area contributed by atoms with Crippen LogP contribution in [-0.4, -0.2) is 21.3 Å². The summed E-state index contributed by atoms with van der Waals surface area (Å²) in [6.45, 7) is 0. The van der Waals surface area contributed by atoms with Crippen LogP contribution in [0.4, 0.5) is 0 Å². The van der Waals surface area contributed by atoms with Crippen LogP contribution in [0.15, 0.2) is 18.3 Å². The summed E-state index contributed by atoms with van der Waals surface area (Å²) < 4.78 is 1.42. The first kappa shape index (κ1) is 6.97. The molecule has 0 aromatic carbocycles. The number of fused-ring (bicyclic) bond motifs is 1. The lowest BCUT2D eigenvalue weighted by Crippen LogP contribution is -2.13. The lowest BCUT2D eigenvalue weighted by Gasteiger charge is -2.03. The summed E-state index contributed by atoms with van der Waals surface area (Å²) in [7, 11) is 1.64. The molecule has 0 unspecified atom stereocenters. The van der Waals surface area contributed by atoms with Gasteiger partial charge in [0.2, 0.25) is 5.78 Å². The van der Waals surface area contributed by atoms with E-state index in [-0.39, 0.29) is 11.6 Å². The number of nitrogens with zero attached hydrogens (tertiary/aromatic N) is 2. The van der Waals surface area contributed by atoms with Gasteiger partial charge in [-0.3, -0.25) is 14.3 Å². The second-order valence-electron chi connectivity index (χ2n) is 2.59. The number of aromatic nitrogens is 2. The predicted octanol–water partition coefficient (Wildman–Crippen LogP) is 0.355. The molecule has 0 atom stereocenters. The van der Waals surface area contributed by atoms with E-state index in [0.29, 0.717) is 11.3 Å². The fourth-order valence-corrected chi connectivity index (χ4v) is 1.23. The van der Waals surface area contributed by atoms with E-state index >= 15 is 0 Å². The molecule has 2 rings (SSSR count). The van der Waals surface area contributed by atoms with Crippen molar-refractivity contribution in [3.05, 3.63) is 29.6 Å². The summed E-state index contributed by atoms with van der Waals surface area (Å²) in [5, 5.41) is 3.83. The minimum Gasteiger partial charge on any atom is -0.289 e. The van der Waals surface area contributed by atoms with Crippen LogP contribution in [0.3, 0.4) is 0 Å². The summed E-state index contributed by atoms with van der Waals surface area (Å²) in [5.74, 6) is -0.317. The molecular weight excluding hydrogens is 156 g/mol. The molecule has 1 aromatic rings. The van der Waals surface area contributed by atoms with Gasteiger partial charge in [0.1, 0.15) is 5.69 Å².